The molecule has 0 amide bonds. The van der Waals surface area contributed by atoms with Gasteiger partial charge in [0.25, 0.3) is 0 Å². The third-order valence-electron chi connectivity index (χ3n) is 1.80. The van der Waals surface area contributed by atoms with Gasteiger partial charge in [0, 0.05) is 0 Å². The zero-order valence-electron chi connectivity index (χ0n) is 7.63. The molecule has 0 atom stereocenters. The van der Waals surface area contributed by atoms with Crippen LogP contribution in [0.1, 0.15) is 13.0 Å². The number of methoxy groups -OCH3 is 1. The van der Waals surface area contributed by atoms with E-state index in [1.54, 1.807) is 7.11 Å². The van der Waals surface area contributed by atoms with Gasteiger partial charge in [-0.25, -0.2) is 0 Å². The summed E-state index contributed by atoms with van der Waals surface area (Å²) < 4.78 is 5.11. The van der Waals surface area contributed by atoms with Crippen molar-refractivity contribution >= 4 is 0 Å². The lowest BCUT2D eigenvalue weighted by molar-refractivity contribution is 0.414. The number of benzene rings is 1. The van der Waals surface area contributed by atoms with Crippen molar-refractivity contribution in [2.24, 2.45) is 0 Å². The molecule has 13 heavy (non-hydrogen) atoms. The summed E-state index contributed by atoms with van der Waals surface area (Å²) in [6.07, 6.45) is 1.05. The van der Waals surface area contributed by atoms with E-state index in [0.29, 0.717) is 0 Å². The van der Waals surface area contributed by atoms with Crippen molar-refractivity contribution < 1.29 is 4.74 Å². The number of hydrogen-bond donors (Lipinski definition) is 1. The van der Waals surface area contributed by atoms with Crippen LogP contribution in [0, 0.1) is 0 Å². The van der Waals surface area contributed by atoms with Crippen LogP contribution in [0.3, 0.4) is 0 Å². The van der Waals surface area contributed by atoms with Gasteiger partial charge in [0.2, 0.25) is 0 Å². The summed E-state index contributed by atoms with van der Waals surface area (Å²) in [5.41, 5.74) is 1.31. The van der Waals surface area contributed by atoms with Gasteiger partial charge in [-0.3, -0.25) is 0 Å². The topological polar surface area (TPSA) is 21.3 Å². The van der Waals surface area contributed by atoms with Crippen molar-refractivity contribution in [1.82, 2.24) is 5.32 Å². The fourth-order valence-corrected chi connectivity index (χ4v) is 1.10. The summed E-state index contributed by atoms with van der Waals surface area (Å²) in [6, 6.07) is 8.16. The van der Waals surface area contributed by atoms with E-state index >= 15 is 0 Å². The van der Waals surface area contributed by atoms with E-state index in [1.165, 1.54) is 5.56 Å². The van der Waals surface area contributed by atoms with Gasteiger partial charge in [0.15, 0.2) is 0 Å². The summed E-state index contributed by atoms with van der Waals surface area (Å²) in [6.45, 7) is 1.01. The smallest absolute Gasteiger partial charge is 0.119 e. The van der Waals surface area contributed by atoms with Gasteiger partial charge in [-0.1, -0.05) is 19.6 Å². The number of ether oxygens (including phenoxy) is 1. The zero-order chi connectivity index (χ0) is 8.81. The van der Waals surface area contributed by atoms with Gasteiger partial charge in [-0.15, -0.1) is 0 Å². The molecule has 2 heteroatoms. The number of likely N-dealkylation sites (N-methyl/N-ethyl adjacent to an activating group) is 1. The highest BCUT2D eigenvalue weighted by Crippen LogP contribution is 2.12. The molecule has 0 saturated heterocycles. The molecule has 2 nitrogen and oxygen atoms in total. The molecule has 0 bridgehead atoms. The Bertz CT molecular complexity index is 235. The van der Waals surface area contributed by atoms with Crippen LogP contribution in [-0.2, 0) is 6.42 Å². The van der Waals surface area contributed by atoms with Gasteiger partial charge in [-0.2, -0.15) is 0 Å². The predicted molar refractivity (Wildman–Crippen MR) is 57.4 cm³/mol. The van der Waals surface area contributed by atoms with Crippen LogP contribution in [0.15, 0.2) is 24.3 Å². The Morgan fingerprint density at radius 1 is 1.38 bits per heavy atom. The largest absolute Gasteiger partial charge is 0.497 e. The van der Waals surface area contributed by atoms with Crippen molar-refractivity contribution in [2.75, 3.05) is 20.7 Å². The molecule has 1 N–H and O–H groups in total. The van der Waals surface area contributed by atoms with Gasteiger partial charge in [0.1, 0.15) is 5.75 Å². The molecule has 0 aromatic heterocycles. The molecule has 0 heterocycles. The van der Waals surface area contributed by atoms with Gasteiger partial charge in [0.05, 0.1) is 7.11 Å². The third kappa shape index (κ3) is 3.95. The molecule has 0 saturated carbocycles. The molecular formula is C11H19NO. The van der Waals surface area contributed by atoms with E-state index in [-0.39, 0.29) is 7.43 Å². The summed E-state index contributed by atoms with van der Waals surface area (Å²) in [5, 5.41) is 3.11. The van der Waals surface area contributed by atoms with Crippen LogP contribution < -0.4 is 10.1 Å². The highest BCUT2D eigenvalue weighted by atomic mass is 16.5. The van der Waals surface area contributed by atoms with Crippen molar-refractivity contribution in [1.29, 1.82) is 0 Å². The lowest BCUT2D eigenvalue weighted by Crippen LogP contribution is -2.10. The normalized spacial score (nSPS) is 9.08. The van der Waals surface area contributed by atoms with E-state index in [1.807, 2.05) is 19.2 Å². The zero-order valence-corrected chi connectivity index (χ0v) is 7.63. The Labute approximate surface area is 80.9 Å². The van der Waals surface area contributed by atoms with E-state index < -0.39 is 0 Å². The molecule has 0 aliphatic heterocycles. The van der Waals surface area contributed by atoms with Crippen LogP contribution in [0.4, 0.5) is 0 Å². The number of nitrogens with one attached hydrogen (secondary N) is 1. The van der Waals surface area contributed by atoms with E-state index in [4.69, 9.17) is 4.74 Å². The third-order valence-corrected chi connectivity index (χ3v) is 1.80. The Balaban J connectivity index is 0.00000144. The Morgan fingerprint density at radius 2 is 2.15 bits per heavy atom. The van der Waals surface area contributed by atoms with Crippen molar-refractivity contribution in [3.05, 3.63) is 29.8 Å². The Morgan fingerprint density at radius 3 is 2.77 bits per heavy atom. The van der Waals surface area contributed by atoms with Crippen LogP contribution >= 0.6 is 0 Å². The monoisotopic (exact) mass is 181 g/mol. The van der Waals surface area contributed by atoms with Crippen LogP contribution in [0.25, 0.3) is 0 Å². The predicted octanol–water partition coefficient (Wildman–Crippen LogP) is 2.09. The second-order valence-corrected chi connectivity index (χ2v) is 2.71. The fraction of sp³-hybridized carbons (Fsp3) is 0.455. The first-order valence-electron chi connectivity index (χ1n) is 4.14. The van der Waals surface area contributed by atoms with Crippen molar-refractivity contribution in [3.8, 4) is 5.75 Å². The first-order chi connectivity index (χ1) is 5.86. The lowest BCUT2D eigenvalue weighted by Gasteiger charge is -2.03. The molecule has 0 aliphatic carbocycles. The molecule has 1 rings (SSSR count). The van der Waals surface area contributed by atoms with Crippen molar-refractivity contribution in [3.63, 3.8) is 0 Å². The number of hydrogen-bond acceptors (Lipinski definition) is 2. The van der Waals surface area contributed by atoms with Gasteiger partial charge in [-0.05, 0) is 37.7 Å². The van der Waals surface area contributed by atoms with Crippen LogP contribution in [-0.4, -0.2) is 20.7 Å². The standard InChI is InChI=1S/C10H15NO.CH4/c1-11-7-6-9-4-3-5-10(8-9)12-2;/h3-5,8,11H,6-7H2,1-2H3;1H4. The van der Waals surface area contributed by atoms with E-state index in [0.717, 1.165) is 18.7 Å². The molecule has 0 fully saturated rings. The minimum atomic E-state index is 0. The first kappa shape index (κ1) is 12.0. The molecular weight excluding hydrogens is 162 g/mol. The lowest BCUT2D eigenvalue weighted by atomic mass is 10.1. The summed E-state index contributed by atoms with van der Waals surface area (Å²) in [4.78, 5) is 0. The molecule has 0 aliphatic rings. The van der Waals surface area contributed by atoms with Gasteiger partial charge >= 0.3 is 0 Å². The molecule has 1 aromatic rings. The second-order valence-electron chi connectivity index (χ2n) is 2.71. The quantitative estimate of drug-likeness (QED) is 0.768. The van der Waals surface area contributed by atoms with Crippen LogP contribution in [0.2, 0.25) is 0 Å². The van der Waals surface area contributed by atoms with Crippen LogP contribution in [0.5, 0.6) is 5.75 Å². The minimum absolute atomic E-state index is 0. The Kier molecular flexibility index (Phi) is 5.98. The summed E-state index contributed by atoms with van der Waals surface area (Å²) in [5.74, 6) is 0.934. The van der Waals surface area contributed by atoms with Crippen molar-refractivity contribution in [2.45, 2.75) is 13.8 Å². The second kappa shape index (κ2) is 6.49. The average molecular weight is 181 g/mol. The minimum Gasteiger partial charge on any atom is -0.497 e. The maximum absolute atomic E-state index is 5.11. The Hall–Kier alpha value is -1.02. The molecule has 0 unspecified atom stereocenters. The highest BCUT2D eigenvalue weighted by molar-refractivity contribution is 5.28. The molecule has 1 aromatic carbocycles. The summed E-state index contributed by atoms with van der Waals surface area (Å²) in [7, 11) is 3.65. The highest BCUT2D eigenvalue weighted by Gasteiger charge is 1.93. The molecule has 0 radical (unpaired) electrons. The maximum atomic E-state index is 5.11. The number of rotatable bonds is 4. The average Bonchev–Trinajstić information content (AvgIpc) is 2.15. The first-order valence-corrected chi connectivity index (χ1v) is 4.14. The maximum Gasteiger partial charge on any atom is 0.119 e. The SMILES string of the molecule is C.CNCCc1cccc(OC)c1. The summed E-state index contributed by atoms with van der Waals surface area (Å²) >= 11 is 0. The van der Waals surface area contributed by atoms with Gasteiger partial charge < -0.3 is 10.1 Å². The van der Waals surface area contributed by atoms with E-state index in [2.05, 4.69) is 17.4 Å². The van der Waals surface area contributed by atoms with E-state index in [9.17, 15) is 0 Å². The molecule has 0 spiro atoms. The molecule has 74 valence electrons. The fourth-order valence-electron chi connectivity index (χ4n) is 1.10.